The number of anilines is 3. The minimum atomic E-state index is 1.09. The van der Waals surface area contributed by atoms with E-state index in [0.29, 0.717) is 0 Å². The summed E-state index contributed by atoms with van der Waals surface area (Å²) in [6, 6.07) is 74.8. The third-order valence-corrected chi connectivity index (χ3v) is 10.3. The Balaban J connectivity index is 1.25. The molecule has 0 N–H and O–H groups in total. The lowest BCUT2D eigenvalue weighted by Gasteiger charge is -2.27. The zero-order valence-electron chi connectivity index (χ0n) is 28.5. The second-order valence-corrected chi connectivity index (χ2v) is 13.4. The van der Waals surface area contributed by atoms with Crippen LogP contribution in [0.4, 0.5) is 17.1 Å². The van der Waals surface area contributed by atoms with Crippen LogP contribution in [0.25, 0.3) is 71.3 Å². The van der Waals surface area contributed by atoms with Gasteiger partial charge >= 0.3 is 0 Å². The second kappa shape index (κ2) is 12.5. The van der Waals surface area contributed by atoms with Gasteiger partial charge in [0.05, 0.1) is 11.0 Å². The lowest BCUT2D eigenvalue weighted by molar-refractivity contribution is 1.19. The van der Waals surface area contributed by atoms with Crippen LogP contribution in [0.2, 0.25) is 0 Å². The van der Waals surface area contributed by atoms with E-state index in [9.17, 15) is 0 Å². The third kappa shape index (κ3) is 5.12. The van der Waals surface area contributed by atoms with Crippen LogP contribution >= 0.6 is 0 Å². The van der Waals surface area contributed by atoms with Gasteiger partial charge in [-0.05, 0) is 86.9 Å². The molecule has 244 valence electrons. The average Bonchev–Trinajstić information content (AvgIpc) is 3.56. The predicted octanol–water partition coefficient (Wildman–Crippen LogP) is 13.9. The Bertz CT molecular complexity index is 2820. The number of benzene rings is 9. The number of hydrogen-bond acceptors (Lipinski definition) is 1. The van der Waals surface area contributed by atoms with Crippen LogP contribution in [-0.2, 0) is 0 Å². The molecule has 2 heteroatoms. The van der Waals surface area contributed by atoms with Crippen LogP contribution in [0.5, 0.6) is 0 Å². The molecule has 0 aliphatic carbocycles. The van der Waals surface area contributed by atoms with Gasteiger partial charge in [0.1, 0.15) is 0 Å². The van der Waals surface area contributed by atoms with Gasteiger partial charge in [0.2, 0.25) is 0 Å². The molecule has 0 radical (unpaired) electrons. The van der Waals surface area contributed by atoms with Crippen LogP contribution in [-0.4, -0.2) is 4.57 Å². The van der Waals surface area contributed by atoms with Gasteiger partial charge in [0.15, 0.2) is 0 Å². The van der Waals surface area contributed by atoms with Crippen molar-refractivity contribution in [1.82, 2.24) is 4.57 Å². The van der Waals surface area contributed by atoms with Crippen molar-refractivity contribution in [3.05, 3.63) is 206 Å². The van der Waals surface area contributed by atoms with Crippen molar-refractivity contribution < 1.29 is 0 Å². The number of aromatic nitrogens is 1. The van der Waals surface area contributed by atoms with Crippen molar-refractivity contribution >= 4 is 60.4 Å². The highest BCUT2D eigenvalue weighted by molar-refractivity contribution is 6.19. The highest BCUT2D eigenvalue weighted by atomic mass is 15.1. The van der Waals surface area contributed by atoms with Gasteiger partial charge < -0.3 is 9.47 Å². The van der Waals surface area contributed by atoms with E-state index in [1.807, 2.05) is 0 Å². The second-order valence-electron chi connectivity index (χ2n) is 13.4. The summed E-state index contributed by atoms with van der Waals surface area (Å²) in [5.74, 6) is 0. The van der Waals surface area contributed by atoms with E-state index in [1.54, 1.807) is 0 Å². The first kappa shape index (κ1) is 30.0. The van der Waals surface area contributed by atoms with Crippen LogP contribution < -0.4 is 4.90 Å². The van der Waals surface area contributed by atoms with Crippen LogP contribution in [0, 0.1) is 0 Å². The van der Waals surface area contributed by atoms with Crippen molar-refractivity contribution in [2.75, 3.05) is 4.90 Å². The first-order valence-electron chi connectivity index (χ1n) is 17.8. The van der Waals surface area contributed by atoms with E-state index in [2.05, 4.69) is 216 Å². The van der Waals surface area contributed by atoms with Crippen molar-refractivity contribution in [2.45, 2.75) is 0 Å². The van der Waals surface area contributed by atoms with Gasteiger partial charge in [-0.15, -0.1) is 0 Å². The van der Waals surface area contributed by atoms with Crippen molar-refractivity contribution in [1.29, 1.82) is 0 Å². The topological polar surface area (TPSA) is 8.17 Å². The average molecular weight is 663 g/mol. The summed E-state index contributed by atoms with van der Waals surface area (Å²) in [6.07, 6.45) is 0. The van der Waals surface area contributed by atoms with E-state index in [0.717, 1.165) is 22.7 Å². The summed E-state index contributed by atoms with van der Waals surface area (Å²) < 4.78 is 2.47. The van der Waals surface area contributed by atoms with E-state index < -0.39 is 0 Å². The van der Waals surface area contributed by atoms with E-state index in [1.165, 1.54) is 65.6 Å². The van der Waals surface area contributed by atoms with Gasteiger partial charge in [-0.3, -0.25) is 0 Å². The smallest absolute Gasteiger partial charge is 0.0619 e. The summed E-state index contributed by atoms with van der Waals surface area (Å²) in [5, 5.41) is 7.42. The molecule has 0 fully saturated rings. The minimum Gasteiger partial charge on any atom is -0.310 e. The summed E-state index contributed by atoms with van der Waals surface area (Å²) in [6.45, 7) is 0. The van der Waals surface area contributed by atoms with E-state index >= 15 is 0 Å². The summed E-state index contributed by atoms with van der Waals surface area (Å²) in [4.78, 5) is 2.40. The molecule has 0 amide bonds. The predicted molar refractivity (Wildman–Crippen MR) is 221 cm³/mol. The fourth-order valence-electron chi connectivity index (χ4n) is 7.85. The van der Waals surface area contributed by atoms with Gasteiger partial charge in [0.25, 0.3) is 0 Å². The van der Waals surface area contributed by atoms with E-state index in [4.69, 9.17) is 0 Å². The Hall–Kier alpha value is -6.90. The molecule has 0 bridgehead atoms. The molecule has 0 aliphatic rings. The zero-order valence-corrected chi connectivity index (χ0v) is 28.5. The van der Waals surface area contributed by atoms with Crippen molar-refractivity contribution in [2.24, 2.45) is 0 Å². The molecular formula is C50H34N2. The number of hydrogen-bond donors (Lipinski definition) is 0. The first-order chi connectivity index (χ1) is 25.8. The molecule has 10 aromatic rings. The molecule has 10 rings (SSSR count). The minimum absolute atomic E-state index is 1.09. The normalized spacial score (nSPS) is 11.5. The quantitative estimate of drug-likeness (QED) is 0.172. The van der Waals surface area contributed by atoms with Gasteiger partial charge in [-0.2, -0.15) is 0 Å². The largest absolute Gasteiger partial charge is 0.310 e. The first-order valence-corrected chi connectivity index (χ1v) is 17.8. The van der Waals surface area contributed by atoms with Gasteiger partial charge in [-0.1, -0.05) is 158 Å². The molecule has 1 heterocycles. The monoisotopic (exact) mass is 662 g/mol. The molecule has 0 atom stereocenters. The van der Waals surface area contributed by atoms with E-state index in [-0.39, 0.29) is 0 Å². The fourth-order valence-corrected chi connectivity index (χ4v) is 7.85. The Kier molecular flexibility index (Phi) is 7.18. The maximum atomic E-state index is 2.47. The zero-order chi connectivity index (χ0) is 34.4. The van der Waals surface area contributed by atoms with Crippen LogP contribution in [0.3, 0.4) is 0 Å². The van der Waals surface area contributed by atoms with Gasteiger partial charge in [-0.25, -0.2) is 0 Å². The molecule has 1 aromatic heterocycles. The van der Waals surface area contributed by atoms with Crippen molar-refractivity contribution in [3.63, 3.8) is 0 Å². The molecule has 52 heavy (non-hydrogen) atoms. The van der Waals surface area contributed by atoms with Gasteiger partial charge in [0, 0.05) is 38.9 Å². The molecule has 9 aromatic carbocycles. The number of nitrogens with zero attached hydrogens (tertiary/aromatic N) is 2. The SMILES string of the molecule is c1ccc(-c2cccc(N(c3cccc(-c4ccccc4)c3)c3ccc4c5ccc6ccccc6c5n(-c5ccc6ccccc6c5)c4c3)c2)cc1. The Morgan fingerprint density at radius 2 is 0.846 bits per heavy atom. The summed E-state index contributed by atoms with van der Waals surface area (Å²) in [5.41, 5.74) is 11.6. The Morgan fingerprint density at radius 3 is 1.54 bits per heavy atom. The molecule has 2 nitrogen and oxygen atoms in total. The maximum Gasteiger partial charge on any atom is 0.0619 e. The highest BCUT2D eigenvalue weighted by Crippen LogP contribution is 2.43. The molecule has 0 saturated heterocycles. The Labute approximate surface area is 303 Å². The Morgan fingerprint density at radius 1 is 0.308 bits per heavy atom. The molecule has 0 unspecified atom stereocenters. The molecular weight excluding hydrogens is 629 g/mol. The maximum absolute atomic E-state index is 2.47. The third-order valence-electron chi connectivity index (χ3n) is 10.3. The number of rotatable bonds is 6. The molecule has 0 spiro atoms. The lowest BCUT2D eigenvalue weighted by Crippen LogP contribution is -2.10. The molecule has 0 saturated carbocycles. The fraction of sp³-hybridized carbons (Fsp3) is 0. The summed E-state index contributed by atoms with van der Waals surface area (Å²) in [7, 11) is 0. The van der Waals surface area contributed by atoms with Crippen LogP contribution in [0.1, 0.15) is 0 Å². The molecule has 0 aliphatic heterocycles. The number of fused-ring (bicyclic) bond motifs is 6. The van der Waals surface area contributed by atoms with Crippen LogP contribution in [0.15, 0.2) is 206 Å². The van der Waals surface area contributed by atoms with Crippen molar-refractivity contribution in [3.8, 4) is 27.9 Å². The summed E-state index contributed by atoms with van der Waals surface area (Å²) >= 11 is 0. The standard InChI is InChI=1S/C50H34N2/c1-3-13-35(14-4-1)40-20-11-22-42(31-40)51(43-23-12-21-41(32-43)36-15-5-2-6-16-36)45-28-30-47-48-29-26-38-18-9-10-24-46(38)50(48)52(49(47)34-45)44-27-25-37-17-7-8-19-39(37)33-44/h1-34H. The highest BCUT2D eigenvalue weighted by Gasteiger charge is 2.20. The lowest BCUT2D eigenvalue weighted by atomic mass is 10.0.